The fraction of sp³-hybridized carbons (Fsp3) is 0.591. The molecule has 146 valence electrons. The van der Waals surface area contributed by atoms with Gasteiger partial charge in [0.1, 0.15) is 11.3 Å². The average Bonchev–Trinajstić information content (AvgIpc) is 3.29. The third-order valence-corrected chi connectivity index (χ3v) is 6.15. The second kappa shape index (κ2) is 8.03. The quantitative estimate of drug-likeness (QED) is 0.876. The molecule has 1 amide bonds. The van der Waals surface area contributed by atoms with Gasteiger partial charge in [-0.15, -0.1) is 0 Å². The van der Waals surface area contributed by atoms with Crippen LogP contribution in [-0.4, -0.2) is 59.1 Å². The van der Waals surface area contributed by atoms with E-state index in [1.807, 2.05) is 29.2 Å². The van der Waals surface area contributed by atoms with Gasteiger partial charge in [0.25, 0.3) is 5.91 Å². The zero-order valence-electron chi connectivity index (χ0n) is 16.2. The third-order valence-electron chi connectivity index (χ3n) is 6.15. The lowest BCUT2D eigenvalue weighted by Gasteiger charge is -2.39. The van der Waals surface area contributed by atoms with E-state index in [0.29, 0.717) is 0 Å². The molecule has 0 spiro atoms. The van der Waals surface area contributed by atoms with E-state index in [1.54, 1.807) is 0 Å². The summed E-state index contributed by atoms with van der Waals surface area (Å²) in [5.41, 5.74) is 1.56. The maximum atomic E-state index is 13.3. The van der Waals surface area contributed by atoms with Gasteiger partial charge >= 0.3 is 0 Å². The summed E-state index contributed by atoms with van der Waals surface area (Å²) >= 11 is 0. The summed E-state index contributed by atoms with van der Waals surface area (Å²) in [6, 6.07) is 8.14. The number of aliphatic hydroxyl groups is 1. The molecule has 1 aromatic heterocycles. The van der Waals surface area contributed by atoms with Gasteiger partial charge in [-0.2, -0.15) is 0 Å². The van der Waals surface area contributed by atoms with Crippen LogP contribution in [0.2, 0.25) is 0 Å². The zero-order valence-corrected chi connectivity index (χ0v) is 16.2. The van der Waals surface area contributed by atoms with Crippen molar-refractivity contribution in [2.24, 2.45) is 0 Å². The number of nitrogens with zero attached hydrogens (tertiary/aromatic N) is 2. The fourth-order valence-corrected chi connectivity index (χ4v) is 4.61. The van der Waals surface area contributed by atoms with Crippen LogP contribution in [0.4, 0.5) is 0 Å². The minimum absolute atomic E-state index is 0.0951. The molecule has 2 atom stereocenters. The Morgan fingerprint density at radius 1 is 1.19 bits per heavy atom. The zero-order chi connectivity index (χ0) is 18.8. The molecule has 1 saturated heterocycles. The van der Waals surface area contributed by atoms with Crippen molar-refractivity contribution in [3.63, 3.8) is 0 Å². The molecule has 1 N–H and O–H groups in total. The number of benzene rings is 1. The van der Waals surface area contributed by atoms with Crippen molar-refractivity contribution in [2.45, 2.75) is 57.6 Å². The number of fused-ring (bicyclic) bond motifs is 1. The van der Waals surface area contributed by atoms with Gasteiger partial charge in [0, 0.05) is 44.0 Å². The van der Waals surface area contributed by atoms with Crippen molar-refractivity contribution in [3.05, 3.63) is 35.6 Å². The third kappa shape index (κ3) is 3.63. The lowest BCUT2D eigenvalue weighted by atomic mass is 10.0. The normalized spacial score (nSPS) is 24.0. The van der Waals surface area contributed by atoms with Gasteiger partial charge in [0.2, 0.25) is 0 Å². The first-order valence-electron chi connectivity index (χ1n) is 10.4. The Hall–Kier alpha value is -1.85. The predicted molar refractivity (Wildman–Crippen MR) is 106 cm³/mol. The molecule has 1 aromatic carbocycles. The number of carbonyl (C=O) groups is 1. The van der Waals surface area contributed by atoms with Crippen molar-refractivity contribution in [1.29, 1.82) is 0 Å². The van der Waals surface area contributed by atoms with E-state index in [1.165, 1.54) is 0 Å². The fourth-order valence-electron chi connectivity index (χ4n) is 4.61. The number of furan rings is 1. The van der Waals surface area contributed by atoms with Crippen molar-refractivity contribution >= 4 is 16.9 Å². The SMILES string of the molecule is CCCCc1oc2ccccc2c1C(=O)N1CCN(C2CCCC2O)CC1. The summed E-state index contributed by atoms with van der Waals surface area (Å²) in [5, 5.41) is 11.1. The Kier molecular flexibility index (Phi) is 5.50. The van der Waals surface area contributed by atoms with Gasteiger partial charge in [-0.05, 0) is 31.7 Å². The number of para-hydroxylation sites is 1. The molecule has 5 heteroatoms. The van der Waals surface area contributed by atoms with Crippen molar-refractivity contribution in [2.75, 3.05) is 26.2 Å². The van der Waals surface area contributed by atoms with E-state index in [4.69, 9.17) is 4.42 Å². The van der Waals surface area contributed by atoms with Crippen LogP contribution < -0.4 is 0 Å². The molecule has 2 unspecified atom stereocenters. The van der Waals surface area contributed by atoms with Gasteiger partial charge in [-0.25, -0.2) is 0 Å². The van der Waals surface area contributed by atoms with Gasteiger partial charge in [0.05, 0.1) is 11.7 Å². The molecule has 0 radical (unpaired) electrons. The molecule has 1 saturated carbocycles. The van der Waals surface area contributed by atoms with Crippen molar-refractivity contribution in [1.82, 2.24) is 9.80 Å². The summed E-state index contributed by atoms with van der Waals surface area (Å²) in [4.78, 5) is 17.7. The van der Waals surface area contributed by atoms with E-state index in [-0.39, 0.29) is 18.1 Å². The average molecular weight is 370 g/mol. The number of aliphatic hydroxyl groups excluding tert-OH is 1. The summed E-state index contributed by atoms with van der Waals surface area (Å²) in [7, 11) is 0. The second-order valence-electron chi connectivity index (χ2n) is 7.89. The molecule has 4 rings (SSSR count). The van der Waals surface area contributed by atoms with Crippen LogP contribution in [0.15, 0.2) is 28.7 Å². The van der Waals surface area contributed by atoms with E-state index in [9.17, 15) is 9.90 Å². The summed E-state index contributed by atoms with van der Waals surface area (Å²) in [6.07, 6.45) is 5.79. The first-order valence-corrected chi connectivity index (χ1v) is 10.4. The Morgan fingerprint density at radius 3 is 2.67 bits per heavy atom. The van der Waals surface area contributed by atoms with Crippen molar-refractivity contribution in [3.8, 4) is 0 Å². The first kappa shape index (κ1) is 18.5. The second-order valence-corrected chi connectivity index (χ2v) is 7.89. The molecular weight excluding hydrogens is 340 g/mol. The maximum absolute atomic E-state index is 13.3. The van der Waals surface area contributed by atoms with Gasteiger partial charge < -0.3 is 14.4 Å². The molecule has 1 aliphatic carbocycles. The molecule has 0 bridgehead atoms. The van der Waals surface area contributed by atoms with Crippen LogP contribution in [0.3, 0.4) is 0 Å². The Bertz CT molecular complexity index is 792. The van der Waals surface area contributed by atoms with E-state index in [0.717, 1.165) is 87.0 Å². The van der Waals surface area contributed by atoms with E-state index >= 15 is 0 Å². The molecule has 1 aliphatic heterocycles. The molecule has 27 heavy (non-hydrogen) atoms. The minimum Gasteiger partial charge on any atom is -0.460 e. The number of aryl methyl sites for hydroxylation is 1. The highest BCUT2D eigenvalue weighted by Gasteiger charge is 2.34. The van der Waals surface area contributed by atoms with E-state index in [2.05, 4.69) is 11.8 Å². The Labute approximate surface area is 160 Å². The molecule has 2 heterocycles. The number of hydrogen-bond acceptors (Lipinski definition) is 4. The highest BCUT2D eigenvalue weighted by molar-refractivity contribution is 6.07. The van der Waals surface area contributed by atoms with Crippen LogP contribution in [-0.2, 0) is 6.42 Å². The topological polar surface area (TPSA) is 56.9 Å². The lowest BCUT2D eigenvalue weighted by molar-refractivity contribution is 0.0315. The molecule has 5 nitrogen and oxygen atoms in total. The van der Waals surface area contributed by atoms with Gasteiger partial charge in [-0.3, -0.25) is 9.69 Å². The number of carbonyl (C=O) groups excluding carboxylic acids is 1. The van der Waals surface area contributed by atoms with Crippen LogP contribution in [0, 0.1) is 0 Å². The standard InChI is InChI=1S/C22H30N2O3/c1-2-3-10-20-21(16-7-4-5-11-19(16)27-20)22(26)24-14-12-23(13-15-24)17-8-6-9-18(17)25/h4-5,7,11,17-18,25H,2-3,6,8-10,12-15H2,1H3. The van der Waals surface area contributed by atoms with E-state index < -0.39 is 0 Å². The Balaban J connectivity index is 1.51. The van der Waals surface area contributed by atoms with Crippen LogP contribution in [0.25, 0.3) is 11.0 Å². The molecule has 2 aliphatic rings. The smallest absolute Gasteiger partial charge is 0.258 e. The molecule has 2 aromatic rings. The summed E-state index contributed by atoms with van der Waals surface area (Å²) < 4.78 is 6.04. The number of unbranched alkanes of at least 4 members (excludes halogenated alkanes) is 1. The predicted octanol–water partition coefficient (Wildman–Crippen LogP) is 3.45. The van der Waals surface area contributed by atoms with Crippen LogP contribution >= 0.6 is 0 Å². The number of rotatable bonds is 5. The highest BCUT2D eigenvalue weighted by atomic mass is 16.3. The molecule has 2 fully saturated rings. The highest BCUT2D eigenvalue weighted by Crippen LogP contribution is 2.30. The number of amides is 1. The summed E-state index contributed by atoms with van der Waals surface area (Å²) in [6.45, 7) is 5.27. The van der Waals surface area contributed by atoms with Crippen molar-refractivity contribution < 1.29 is 14.3 Å². The van der Waals surface area contributed by atoms with Crippen LogP contribution in [0.1, 0.15) is 55.1 Å². The van der Waals surface area contributed by atoms with Crippen LogP contribution in [0.5, 0.6) is 0 Å². The Morgan fingerprint density at radius 2 is 1.96 bits per heavy atom. The number of hydrogen-bond donors (Lipinski definition) is 1. The lowest BCUT2D eigenvalue weighted by Crippen LogP contribution is -2.53. The van der Waals surface area contributed by atoms with Gasteiger partial charge in [-0.1, -0.05) is 31.5 Å². The number of piperazine rings is 1. The summed E-state index contributed by atoms with van der Waals surface area (Å²) in [5.74, 6) is 0.925. The minimum atomic E-state index is -0.203. The maximum Gasteiger partial charge on any atom is 0.258 e. The van der Waals surface area contributed by atoms with Gasteiger partial charge in [0.15, 0.2) is 0 Å². The molecular formula is C22H30N2O3. The monoisotopic (exact) mass is 370 g/mol. The largest absolute Gasteiger partial charge is 0.460 e. The first-order chi connectivity index (χ1) is 13.2.